The summed E-state index contributed by atoms with van der Waals surface area (Å²) in [6.07, 6.45) is 57.2. The van der Waals surface area contributed by atoms with Crippen molar-refractivity contribution < 1.29 is 24.2 Å². The Morgan fingerprint density at radius 1 is 0.528 bits per heavy atom. The van der Waals surface area contributed by atoms with Crippen molar-refractivity contribution in [2.75, 3.05) is 6.54 Å². The smallest absolute Gasteiger partial charge is 0.322 e. The molecule has 300 valence electrons. The highest BCUT2D eigenvalue weighted by Crippen LogP contribution is 2.15. The molecule has 0 aromatic carbocycles. The summed E-state index contributed by atoms with van der Waals surface area (Å²) in [6, 6.07) is 0. The average Bonchev–Trinajstić information content (AvgIpc) is 3.14. The summed E-state index contributed by atoms with van der Waals surface area (Å²) in [7, 11) is 0. The lowest BCUT2D eigenvalue weighted by Crippen LogP contribution is -2.28. The molecule has 0 saturated heterocycles. The Labute approximate surface area is 325 Å². The molecule has 6 heteroatoms. The van der Waals surface area contributed by atoms with Crippen LogP contribution >= 0.6 is 0 Å². The van der Waals surface area contributed by atoms with E-state index in [0.29, 0.717) is 12.8 Å². The lowest BCUT2D eigenvalue weighted by Gasteiger charge is -2.14. The first kappa shape index (κ1) is 49.6. The van der Waals surface area contributed by atoms with E-state index in [4.69, 9.17) is 9.84 Å². The van der Waals surface area contributed by atoms with Gasteiger partial charge in [-0.3, -0.25) is 14.4 Å². The number of hydrogen-bond donors (Lipinski definition) is 2. The summed E-state index contributed by atoms with van der Waals surface area (Å²) >= 11 is 0. The van der Waals surface area contributed by atoms with Gasteiger partial charge in [-0.05, 0) is 96.0 Å². The number of unbranched alkanes of at least 4 members (excludes halogenated alkanes) is 14. The summed E-state index contributed by atoms with van der Waals surface area (Å²) < 4.78 is 5.88. The fourth-order valence-corrected chi connectivity index (χ4v) is 5.67. The number of ether oxygens (including phenoxy) is 1. The van der Waals surface area contributed by atoms with E-state index in [1.807, 2.05) is 6.08 Å². The Balaban J connectivity index is 4.13. The van der Waals surface area contributed by atoms with E-state index in [1.54, 1.807) is 0 Å². The number of carboxylic acids is 1. The Morgan fingerprint density at radius 2 is 0.981 bits per heavy atom. The molecule has 0 bridgehead atoms. The summed E-state index contributed by atoms with van der Waals surface area (Å²) in [5.41, 5.74) is 0. The van der Waals surface area contributed by atoms with E-state index in [0.717, 1.165) is 103 Å². The molecule has 0 spiro atoms. The molecule has 0 aliphatic carbocycles. The van der Waals surface area contributed by atoms with Crippen molar-refractivity contribution in [2.45, 2.75) is 187 Å². The number of rotatable bonds is 37. The van der Waals surface area contributed by atoms with E-state index in [-0.39, 0.29) is 24.5 Å². The molecule has 0 saturated carbocycles. The molecule has 1 atom stereocenters. The molecule has 0 aromatic rings. The van der Waals surface area contributed by atoms with Crippen LogP contribution in [-0.2, 0) is 19.1 Å². The number of allylic oxidation sites excluding steroid dienone is 13. The summed E-state index contributed by atoms with van der Waals surface area (Å²) in [4.78, 5) is 35.0. The molecule has 53 heavy (non-hydrogen) atoms. The zero-order valence-electron chi connectivity index (χ0n) is 33.8. The van der Waals surface area contributed by atoms with Gasteiger partial charge in [0.05, 0.1) is 0 Å². The summed E-state index contributed by atoms with van der Waals surface area (Å²) in [5.74, 6) is -1.37. The number of aliphatic carboxylic acids is 1. The quantitative estimate of drug-likeness (QED) is 0.0376. The van der Waals surface area contributed by atoms with E-state index in [9.17, 15) is 14.4 Å². The van der Waals surface area contributed by atoms with Crippen LogP contribution in [0.15, 0.2) is 85.1 Å². The van der Waals surface area contributed by atoms with E-state index < -0.39 is 5.97 Å². The van der Waals surface area contributed by atoms with Gasteiger partial charge < -0.3 is 15.2 Å². The Bertz CT molecular complexity index is 1080. The normalized spacial score (nSPS) is 12.9. The highest BCUT2D eigenvalue weighted by atomic mass is 16.5. The van der Waals surface area contributed by atoms with Crippen molar-refractivity contribution in [3.05, 3.63) is 85.1 Å². The minimum Gasteiger partial charge on any atom is -0.480 e. The molecular formula is C47H77NO5. The second-order valence-corrected chi connectivity index (χ2v) is 13.9. The molecule has 0 fully saturated rings. The molecule has 0 aliphatic rings. The van der Waals surface area contributed by atoms with Gasteiger partial charge in [0.1, 0.15) is 12.6 Å². The monoisotopic (exact) mass is 736 g/mol. The van der Waals surface area contributed by atoms with Gasteiger partial charge in [0.25, 0.3) is 0 Å². The van der Waals surface area contributed by atoms with Gasteiger partial charge in [-0.2, -0.15) is 0 Å². The highest BCUT2D eigenvalue weighted by molar-refractivity contribution is 5.80. The standard InChI is InChI=1S/C47H77NO5/c1-3-5-7-9-11-13-14-15-16-17-18-19-20-21-22-23-24-25-26-28-30-32-38-42-47(52)53-44(39-35-31-29-27-12-10-8-6-4-2)40-36-33-34-37-41-45(49)48-43-46(50)51/h5,7,11,13,15-16,18-19,21-22,27,29,35,39,44H,3-4,6,8-10,12,14,17,20,23-26,28,30-34,36-38,40-43H2,1-2H3,(H,48,49)(H,50,51)/b7-5-,13-11-,16-15-,19-18-,22-21-,29-27-,39-35-. The molecule has 1 amide bonds. The Hall–Kier alpha value is -3.41. The first-order valence-electron chi connectivity index (χ1n) is 21.2. The van der Waals surface area contributed by atoms with Gasteiger partial charge in [-0.15, -0.1) is 0 Å². The van der Waals surface area contributed by atoms with Crippen LogP contribution < -0.4 is 5.32 Å². The first-order valence-corrected chi connectivity index (χ1v) is 21.2. The van der Waals surface area contributed by atoms with Crippen LogP contribution in [0.4, 0.5) is 0 Å². The second kappa shape index (κ2) is 41.3. The van der Waals surface area contributed by atoms with Crippen molar-refractivity contribution in [3.8, 4) is 0 Å². The molecular weight excluding hydrogens is 659 g/mol. The number of carbonyl (C=O) groups excluding carboxylic acids is 2. The van der Waals surface area contributed by atoms with Gasteiger partial charge in [-0.1, -0.05) is 157 Å². The van der Waals surface area contributed by atoms with Crippen molar-refractivity contribution in [2.24, 2.45) is 0 Å². The van der Waals surface area contributed by atoms with Crippen LogP contribution in [0.25, 0.3) is 0 Å². The fourth-order valence-electron chi connectivity index (χ4n) is 5.67. The number of hydrogen-bond acceptors (Lipinski definition) is 4. The SMILES string of the molecule is CC/C=C\C/C=C\C/C=C\C/C=C\C/C=C\CCCCCCCCCC(=O)OC(/C=C\C/C=C\CCCCCC)CCCCCCC(=O)NCC(=O)O. The number of nitrogens with one attached hydrogen (secondary N) is 1. The minimum absolute atomic E-state index is 0.113. The van der Waals surface area contributed by atoms with Crippen LogP contribution in [0.5, 0.6) is 0 Å². The van der Waals surface area contributed by atoms with Gasteiger partial charge in [0, 0.05) is 12.8 Å². The number of amides is 1. The van der Waals surface area contributed by atoms with Crippen molar-refractivity contribution >= 4 is 17.8 Å². The molecule has 0 aromatic heterocycles. The molecule has 0 aliphatic heterocycles. The molecule has 0 heterocycles. The topological polar surface area (TPSA) is 92.7 Å². The molecule has 0 radical (unpaired) electrons. The largest absolute Gasteiger partial charge is 0.480 e. The number of carbonyl (C=O) groups is 3. The Kier molecular flexibility index (Phi) is 38.7. The maximum absolute atomic E-state index is 12.7. The maximum Gasteiger partial charge on any atom is 0.322 e. The van der Waals surface area contributed by atoms with Gasteiger partial charge in [0.2, 0.25) is 5.91 Å². The first-order chi connectivity index (χ1) is 26.0. The number of carboxylic acid groups (broad SMARTS) is 1. The van der Waals surface area contributed by atoms with Crippen LogP contribution in [-0.4, -0.2) is 35.6 Å². The maximum atomic E-state index is 12.7. The minimum atomic E-state index is -1.03. The third-order valence-corrected chi connectivity index (χ3v) is 8.79. The second-order valence-electron chi connectivity index (χ2n) is 13.9. The zero-order chi connectivity index (χ0) is 38.7. The van der Waals surface area contributed by atoms with Crippen LogP contribution in [0.1, 0.15) is 181 Å². The predicted molar refractivity (Wildman–Crippen MR) is 226 cm³/mol. The van der Waals surface area contributed by atoms with E-state index >= 15 is 0 Å². The lowest BCUT2D eigenvalue weighted by molar-refractivity contribution is -0.147. The van der Waals surface area contributed by atoms with Crippen molar-refractivity contribution in [3.63, 3.8) is 0 Å². The molecule has 6 nitrogen and oxygen atoms in total. The third kappa shape index (κ3) is 41.2. The molecule has 0 rings (SSSR count). The third-order valence-electron chi connectivity index (χ3n) is 8.79. The predicted octanol–water partition coefficient (Wildman–Crippen LogP) is 13.2. The van der Waals surface area contributed by atoms with Crippen LogP contribution in [0.2, 0.25) is 0 Å². The van der Waals surface area contributed by atoms with Crippen molar-refractivity contribution in [1.29, 1.82) is 0 Å². The van der Waals surface area contributed by atoms with Gasteiger partial charge in [-0.25, -0.2) is 0 Å². The summed E-state index contributed by atoms with van der Waals surface area (Å²) in [5, 5.41) is 11.1. The number of esters is 1. The van der Waals surface area contributed by atoms with Crippen molar-refractivity contribution in [1.82, 2.24) is 5.32 Å². The van der Waals surface area contributed by atoms with Gasteiger partial charge >= 0.3 is 11.9 Å². The molecule has 1 unspecified atom stereocenters. The fraction of sp³-hybridized carbons (Fsp3) is 0.638. The average molecular weight is 736 g/mol. The Morgan fingerprint density at radius 3 is 1.53 bits per heavy atom. The van der Waals surface area contributed by atoms with Crippen LogP contribution in [0.3, 0.4) is 0 Å². The highest BCUT2D eigenvalue weighted by Gasteiger charge is 2.12. The van der Waals surface area contributed by atoms with Crippen LogP contribution in [0, 0.1) is 0 Å². The van der Waals surface area contributed by atoms with E-state index in [2.05, 4.69) is 98.2 Å². The van der Waals surface area contributed by atoms with E-state index in [1.165, 1.54) is 51.4 Å². The summed E-state index contributed by atoms with van der Waals surface area (Å²) in [6.45, 7) is 4.05. The van der Waals surface area contributed by atoms with Gasteiger partial charge in [0.15, 0.2) is 0 Å². The zero-order valence-corrected chi connectivity index (χ0v) is 33.8. The molecule has 2 N–H and O–H groups in total. The lowest BCUT2D eigenvalue weighted by atomic mass is 10.1.